The molecule has 0 aliphatic rings. The second-order valence-electron chi connectivity index (χ2n) is 5.06. The number of aliphatic hydroxyl groups is 1. The second-order valence-corrected chi connectivity index (χ2v) is 5.06. The van der Waals surface area contributed by atoms with Crippen molar-refractivity contribution in [1.29, 1.82) is 0 Å². The fourth-order valence-electron chi connectivity index (χ4n) is 2.16. The van der Waals surface area contributed by atoms with Gasteiger partial charge in [0, 0.05) is 13.0 Å². The average Bonchev–Trinajstić information content (AvgIpc) is 2.37. The lowest BCUT2D eigenvalue weighted by atomic mass is 9.95. The third-order valence-corrected chi connectivity index (χ3v) is 3.27. The lowest BCUT2D eigenvalue weighted by Crippen LogP contribution is -2.09. The van der Waals surface area contributed by atoms with Gasteiger partial charge in [0.2, 0.25) is 0 Å². The molecule has 0 saturated carbocycles. The Morgan fingerprint density at radius 1 is 1.22 bits per heavy atom. The van der Waals surface area contributed by atoms with Crippen molar-refractivity contribution in [2.45, 2.75) is 46.0 Å². The minimum absolute atomic E-state index is 0.238. The van der Waals surface area contributed by atoms with Crippen molar-refractivity contribution in [2.24, 2.45) is 5.92 Å². The third kappa shape index (κ3) is 5.46. The molecule has 0 amide bonds. The zero-order chi connectivity index (χ0) is 13.4. The highest BCUT2D eigenvalue weighted by molar-refractivity contribution is 5.75. The SMILES string of the molecule is CCCC(CO)Cc1ccc(CCC(C)=O)cc1. The number of benzene rings is 1. The summed E-state index contributed by atoms with van der Waals surface area (Å²) in [5, 5.41) is 9.28. The summed E-state index contributed by atoms with van der Waals surface area (Å²) in [6, 6.07) is 8.43. The molecule has 18 heavy (non-hydrogen) atoms. The number of Topliss-reactive ketones (excluding diaryl/α,β-unsaturated/α-hetero) is 1. The van der Waals surface area contributed by atoms with Gasteiger partial charge in [-0.15, -0.1) is 0 Å². The predicted molar refractivity (Wildman–Crippen MR) is 74.6 cm³/mol. The number of rotatable bonds is 8. The Labute approximate surface area is 110 Å². The van der Waals surface area contributed by atoms with Crippen LogP contribution in [0.4, 0.5) is 0 Å². The molecule has 2 nitrogen and oxygen atoms in total. The summed E-state index contributed by atoms with van der Waals surface area (Å²) in [5.74, 6) is 0.612. The monoisotopic (exact) mass is 248 g/mol. The molecule has 0 fully saturated rings. The lowest BCUT2D eigenvalue weighted by Gasteiger charge is -2.13. The van der Waals surface area contributed by atoms with Crippen LogP contribution in [-0.2, 0) is 17.6 Å². The fraction of sp³-hybridized carbons (Fsp3) is 0.562. The number of ketones is 1. The summed E-state index contributed by atoms with van der Waals surface area (Å²) in [6.07, 6.45) is 4.57. The first-order chi connectivity index (χ1) is 8.65. The zero-order valence-corrected chi connectivity index (χ0v) is 11.5. The van der Waals surface area contributed by atoms with Gasteiger partial charge in [0.25, 0.3) is 0 Å². The van der Waals surface area contributed by atoms with Crippen molar-refractivity contribution in [2.75, 3.05) is 6.61 Å². The minimum atomic E-state index is 0.238. The molecule has 0 radical (unpaired) electrons. The summed E-state index contributed by atoms with van der Waals surface area (Å²) in [4.78, 5) is 10.9. The first kappa shape index (κ1) is 14.9. The van der Waals surface area contributed by atoms with E-state index in [0.717, 1.165) is 25.7 Å². The van der Waals surface area contributed by atoms with E-state index in [1.54, 1.807) is 6.92 Å². The number of carbonyl (C=O) groups excluding carboxylic acids is 1. The van der Waals surface area contributed by atoms with Crippen LogP contribution in [0, 0.1) is 5.92 Å². The highest BCUT2D eigenvalue weighted by atomic mass is 16.3. The maximum atomic E-state index is 10.9. The quantitative estimate of drug-likeness (QED) is 0.767. The second kappa shape index (κ2) is 8.04. The van der Waals surface area contributed by atoms with Gasteiger partial charge in [-0.1, -0.05) is 37.6 Å². The van der Waals surface area contributed by atoms with Crippen LogP contribution in [0.3, 0.4) is 0 Å². The molecule has 0 aliphatic heterocycles. The average molecular weight is 248 g/mol. The minimum Gasteiger partial charge on any atom is -0.396 e. The lowest BCUT2D eigenvalue weighted by molar-refractivity contribution is -0.116. The molecule has 1 unspecified atom stereocenters. The van der Waals surface area contributed by atoms with Crippen LogP contribution in [0.25, 0.3) is 0 Å². The van der Waals surface area contributed by atoms with Crippen LogP contribution in [-0.4, -0.2) is 17.5 Å². The molecule has 0 aliphatic carbocycles. The van der Waals surface area contributed by atoms with E-state index in [1.165, 1.54) is 11.1 Å². The van der Waals surface area contributed by atoms with Crippen LogP contribution in [0.2, 0.25) is 0 Å². The predicted octanol–water partition coefficient (Wildman–Crippen LogP) is 3.16. The van der Waals surface area contributed by atoms with Crippen molar-refractivity contribution in [3.05, 3.63) is 35.4 Å². The van der Waals surface area contributed by atoms with Crippen LogP contribution in [0.1, 0.15) is 44.2 Å². The fourth-order valence-corrected chi connectivity index (χ4v) is 2.16. The molecule has 0 spiro atoms. The van der Waals surface area contributed by atoms with Crippen molar-refractivity contribution >= 4 is 5.78 Å². The molecule has 0 aromatic heterocycles. The molecule has 1 aromatic rings. The van der Waals surface area contributed by atoms with Crippen LogP contribution < -0.4 is 0 Å². The van der Waals surface area contributed by atoms with E-state index in [4.69, 9.17) is 0 Å². The van der Waals surface area contributed by atoms with Gasteiger partial charge in [0.15, 0.2) is 0 Å². The van der Waals surface area contributed by atoms with Gasteiger partial charge in [-0.25, -0.2) is 0 Å². The Bertz CT molecular complexity index is 354. The normalized spacial score (nSPS) is 12.4. The Morgan fingerprint density at radius 3 is 2.33 bits per heavy atom. The van der Waals surface area contributed by atoms with E-state index in [-0.39, 0.29) is 12.4 Å². The van der Waals surface area contributed by atoms with Gasteiger partial charge in [-0.05, 0) is 43.2 Å². The molecule has 100 valence electrons. The summed E-state index contributed by atoms with van der Waals surface area (Å²) in [6.45, 7) is 4.04. The van der Waals surface area contributed by atoms with Crippen LogP contribution >= 0.6 is 0 Å². The van der Waals surface area contributed by atoms with Crippen LogP contribution in [0.5, 0.6) is 0 Å². The van der Waals surface area contributed by atoms with Crippen molar-refractivity contribution in [3.8, 4) is 0 Å². The standard InChI is InChI=1S/C16H24O2/c1-3-4-16(12-17)11-15-9-7-14(8-10-15)6-5-13(2)18/h7-10,16-17H,3-6,11-12H2,1-2H3. The molecule has 0 saturated heterocycles. The summed E-state index contributed by atoms with van der Waals surface area (Å²) < 4.78 is 0. The molecule has 1 rings (SSSR count). The number of aliphatic hydroxyl groups excluding tert-OH is 1. The molecular weight excluding hydrogens is 224 g/mol. The molecule has 0 heterocycles. The largest absolute Gasteiger partial charge is 0.396 e. The maximum Gasteiger partial charge on any atom is 0.130 e. The van der Waals surface area contributed by atoms with Gasteiger partial charge in [-0.3, -0.25) is 0 Å². The van der Waals surface area contributed by atoms with Crippen molar-refractivity contribution in [1.82, 2.24) is 0 Å². The highest BCUT2D eigenvalue weighted by Gasteiger charge is 2.07. The van der Waals surface area contributed by atoms with Gasteiger partial charge >= 0.3 is 0 Å². The maximum absolute atomic E-state index is 10.9. The summed E-state index contributed by atoms with van der Waals surface area (Å²) >= 11 is 0. The van der Waals surface area contributed by atoms with E-state index in [1.807, 2.05) is 0 Å². The number of aryl methyl sites for hydroxylation is 1. The molecule has 2 heteroatoms. The molecule has 1 atom stereocenters. The smallest absolute Gasteiger partial charge is 0.130 e. The van der Waals surface area contributed by atoms with E-state index < -0.39 is 0 Å². The van der Waals surface area contributed by atoms with E-state index in [9.17, 15) is 9.90 Å². The Morgan fingerprint density at radius 2 is 1.83 bits per heavy atom. The molecular formula is C16H24O2. The highest BCUT2D eigenvalue weighted by Crippen LogP contribution is 2.15. The first-order valence-corrected chi connectivity index (χ1v) is 6.83. The Kier molecular flexibility index (Phi) is 6.66. The van der Waals surface area contributed by atoms with E-state index >= 15 is 0 Å². The Hall–Kier alpha value is -1.15. The van der Waals surface area contributed by atoms with Gasteiger partial charge in [0.05, 0.1) is 0 Å². The number of carbonyl (C=O) groups is 1. The first-order valence-electron chi connectivity index (χ1n) is 6.83. The molecule has 0 bridgehead atoms. The van der Waals surface area contributed by atoms with E-state index in [0.29, 0.717) is 12.3 Å². The summed E-state index contributed by atoms with van der Waals surface area (Å²) in [7, 11) is 0. The summed E-state index contributed by atoms with van der Waals surface area (Å²) in [5.41, 5.74) is 2.49. The molecule has 1 aromatic carbocycles. The van der Waals surface area contributed by atoms with Crippen molar-refractivity contribution < 1.29 is 9.90 Å². The van der Waals surface area contributed by atoms with E-state index in [2.05, 4.69) is 31.2 Å². The zero-order valence-electron chi connectivity index (χ0n) is 11.5. The van der Waals surface area contributed by atoms with Gasteiger partial charge in [-0.2, -0.15) is 0 Å². The Balaban J connectivity index is 2.51. The topological polar surface area (TPSA) is 37.3 Å². The van der Waals surface area contributed by atoms with Gasteiger partial charge in [0.1, 0.15) is 5.78 Å². The molecule has 1 N–H and O–H groups in total. The number of hydrogen-bond acceptors (Lipinski definition) is 2. The third-order valence-electron chi connectivity index (χ3n) is 3.27. The number of hydrogen-bond donors (Lipinski definition) is 1. The van der Waals surface area contributed by atoms with Crippen molar-refractivity contribution in [3.63, 3.8) is 0 Å². The van der Waals surface area contributed by atoms with Gasteiger partial charge < -0.3 is 9.90 Å². The van der Waals surface area contributed by atoms with Crippen LogP contribution in [0.15, 0.2) is 24.3 Å².